The van der Waals surface area contributed by atoms with Gasteiger partial charge in [-0.15, -0.1) is 0 Å². The first kappa shape index (κ1) is 18.4. The van der Waals surface area contributed by atoms with Crippen molar-refractivity contribution in [3.8, 4) is 5.75 Å². The second-order valence-electron chi connectivity index (χ2n) is 7.08. The van der Waals surface area contributed by atoms with Gasteiger partial charge in [-0.05, 0) is 50.1 Å². The number of unbranched alkanes of at least 4 members (excludes halogenated alkanes) is 1. The molecule has 1 aromatic carbocycles. The number of amides is 1. The monoisotopic (exact) mass is 375 g/mol. The highest BCUT2D eigenvalue weighted by atomic mass is 16.5. The second-order valence-corrected chi connectivity index (χ2v) is 7.08. The Bertz CT molecular complexity index is 863. The summed E-state index contributed by atoms with van der Waals surface area (Å²) < 4.78 is 5.55. The number of carbonyl (C=O) groups excluding carboxylic acids is 1. The summed E-state index contributed by atoms with van der Waals surface area (Å²) in [5.41, 5.74) is 1.75. The molecule has 5 heteroatoms. The lowest BCUT2D eigenvalue weighted by Crippen LogP contribution is -2.33. The van der Waals surface area contributed by atoms with Crippen LogP contribution in [-0.2, 0) is 0 Å². The Labute approximate surface area is 165 Å². The highest BCUT2D eigenvalue weighted by Gasteiger charge is 2.23. The SMILES string of the molecule is O=C1c2ccccc2OC=CN1CCCCN1CC=CCC1c1ccccn1. The predicted molar refractivity (Wildman–Crippen MR) is 109 cm³/mol. The van der Waals surface area contributed by atoms with E-state index in [0.29, 0.717) is 23.9 Å². The van der Waals surface area contributed by atoms with Gasteiger partial charge in [0.15, 0.2) is 0 Å². The summed E-state index contributed by atoms with van der Waals surface area (Å²) in [5, 5.41) is 0. The number of hydrogen-bond acceptors (Lipinski definition) is 4. The average molecular weight is 375 g/mol. The van der Waals surface area contributed by atoms with E-state index in [1.54, 1.807) is 17.4 Å². The van der Waals surface area contributed by atoms with Gasteiger partial charge in [0.1, 0.15) is 12.0 Å². The number of fused-ring (bicyclic) bond motifs is 1. The molecule has 0 spiro atoms. The Kier molecular flexibility index (Phi) is 5.83. The van der Waals surface area contributed by atoms with Crippen LogP contribution >= 0.6 is 0 Å². The van der Waals surface area contributed by atoms with E-state index in [2.05, 4.69) is 34.2 Å². The summed E-state index contributed by atoms with van der Waals surface area (Å²) in [4.78, 5) is 21.5. The number of pyridine rings is 1. The zero-order valence-electron chi connectivity index (χ0n) is 15.9. The lowest BCUT2D eigenvalue weighted by Gasteiger charge is -2.32. The van der Waals surface area contributed by atoms with Crippen molar-refractivity contribution in [2.24, 2.45) is 0 Å². The van der Waals surface area contributed by atoms with Crippen LogP contribution in [0, 0.1) is 0 Å². The van der Waals surface area contributed by atoms with Gasteiger partial charge in [-0.1, -0.05) is 30.4 Å². The van der Waals surface area contributed by atoms with E-state index < -0.39 is 0 Å². The van der Waals surface area contributed by atoms with Crippen LogP contribution in [0.3, 0.4) is 0 Å². The molecule has 0 bridgehead atoms. The molecule has 1 amide bonds. The van der Waals surface area contributed by atoms with Crippen LogP contribution in [0.1, 0.15) is 41.4 Å². The second kappa shape index (κ2) is 8.85. The van der Waals surface area contributed by atoms with E-state index in [1.807, 2.05) is 36.5 Å². The van der Waals surface area contributed by atoms with Crippen molar-refractivity contribution in [2.45, 2.75) is 25.3 Å². The standard InChI is InChI=1S/C23H25N3O2/c27-23-19-9-1-2-12-22(19)28-18-17-26(23)16-8-7-15-25-14-6-4-11-21(25)20-10-3-5-13-24-20/h1-6,9-10,12-13,17-18,21H,7-8,11,14-16H2. The fourth-order valence-corrected chi connectivity index (χ4v) is 3.76. The third kappa shape index (κ3) is 4.15. The maximum atomic E-state index is 12.7. The van der Waals surface area contributed by atoms with Crippen LogP contribution < -0.4 is 4.74 Å². The molecule has 2 aliphatic heterocycles. The summed E-state index contributed by atoms with van der Waals surface area (Å²) in [6, 6.07) is 13.8. The van der Waals surface area contributed by atoms with Gasteiger partial charge in [0.2, 0.25) is 0 Å². The van der Waals surface area contributed by atoms with Crippen LogP contribution in [0.4, 0.5) is 0 Å². The minimum Gasteiger partial charge on any atom is -0.463 e. The summed E-state index contributed by atoms with van der Waals surface area (Å²) in [7, 11) is 0. The Morgan fingerprint density at radius 3 is 2.79 bits per heavy atom. The summed E-state index contributed by atoms with van der Waals surface area (Å²) in [6.07, 6.45) is 12.6. The largest absolute Gasteiger partial charge is 0.463 e. The molecule has 4 rings (SSSR count). The molecule has 28 heavy (non-hydrogen) atoms. The van der Waals surface area contributed by atoms with Crippen molar-refractivity contribution in [1.82, 2.24) is 14.8 Å². The first-order valence-electron chi connectivity index (χ1n) is 9.86. The maximum Gasteiger partial charge on any atom is 0.261 e. The molecule has 2 aromatic rings. The van der Waals surface area contributed by atoms with E-state index in [0.717, 1.165) is 38.0 Å². The molecular formula is C23H25N3O2. The zero-order chi connectivity index (χ0) is 19.2. The highest BCUT2D eigenvalue weighted by molar-refractivity contribution is 5.97. The van der Waals surface area contributed by atoms with Gasteiger partial charge in [-0.2, -0.15) is 0 Å². The van der Waals surface area contributed by atoms with Gasteiger partial charge < -0.3 is 9.64 Å². The quantitative estimate of drug-likeness (QED) is 0.562. The minimum atomic E-state index is -0.00313. The number of nitrogens with zero attached hydrogens (tertiary/aromatic N) is 3. The fourth-order valence-electron chi connectivity index (χ4n) is 3.76. The normalized spacial score (nSPS) is 19.2. The Hall–Kier alpha value is -2.92. The Balaban J connectivity index is 1.32. The molecule has 0 radical (unpaired) electrons. The van der Waals surface area contributed by atoms with E-state index in [4.69, 9.17) is 4.74 Å². The number of rotatable bonds is 6. The molecule has 1 atom stereocenters. The minimum absolute atomic E-state index is 0.00313. The molecule has 0 N–H and O–H groups in total. The molecule has 1 aromatic heterocycles. The highest BCUT2D eigenvalue weighted by Crippen LogP contribution is 2.27. The zero-order valence-corrected chi connectivity index (χ0v) is 15.9. The molecule has 2 aliphatic rings. The van der Waals surface area contributed by atoms with Gasteiger partial charge in [0.05, 0.1) is 17.3 Å². The number of benzene rings is 1. The lowest BCUT2D eigenvalue weighted by atomic mass is 10.0. The Morgan fingerprint density at radius 2 is 1.89 bits per heavy atom. The van der Waals surface area contributed by atoms with Gasteiger partial charge >= 0.3 is 0 Å². The van der Waals surface area contributed by atoms with Crippen LogP contribution in [-0.4, -0.2) is 40.3 Å². The predicted octanol–water partition coefficient (Wildman–Crippen LogP) is 4.17. The van der Waals surface area contributed by atoms with Crippen molar-refractivity contribution >= 4 is 5.91 Å². The number of hydrogen-bond donors (Lipinski definition) is 0. The third-order valence-electron chi connectivity index (χ3n) is 5.24. The van der Waals surface area contributed by atoms with E-state index >= 15 is 0 Å². The maximum absolute atomic E-state index is 12.7. The van der Waals surface area contributed by atoms with Gasteiger partial charge in [0, 0.05) is 25.5 Å². The molecule has 1 unspecified atom stereocenters. The summed E-state index contributed by atoms with van der Waals surface area (Å²) in [5.74, 6) is 0.612. The first-order chi connectivity index (χ1) is 13.8. The molecule has 0 saturated heterocycles. The van der Waals surface area contributed by atoms with Crippen molar-refractivity contribution in [3.05, 3.63) is 84.5 Å². The molecule has 3 heterocycles. The van der Waals surface area contributed by atoms with Crippen LogP contribution in [0.15, 0.2) is 73.3 Å². The molecule has 144 valence electrons. The van der Waals surface area contributed by atoms with Gasteiger partial charge in [-0.25, -0.2) is 0 Å². The number of para-hydroxylation sites is 1. The number of aromatic nitrogens is 1. The van der Waals surface area contributed by atoms with Crippen molar-refractivity contribution in [3.63, 3.8) is 0 Å². The van der Waals surface area contributed by atoms with Crippen LogP contribution in [0.2, 0.25) is 0 Å². The first-order valence-corrected chi connectivity index (χ1v) is 9.86. The molecule has 0 aliphatic carbocycles. The molecular weight excluding hydrogens is 350 g/mol. The van der Waals surface area contributed by atoms with Crippen LogP contribution in [0.5, 0.6) is 5.75 Å². The van der Waals surface area contributed by atoms with E-state index in [1.165, 1.54) is 0 Å². The van der Waals surface area contributed by atoms with E-state index in [9.17, 15) is 4.79 Å². The van der Waals surface area contributed by atoms with E-state index in [-0.39, 0.29) is 5.91 Å². The van der Waals surface area contributed by atoms with Crippen molar-refractivity contribution < 1.29 is 9.53 Å². The number of ether oxygens (including phenoxy) is 1. The smallest absolute Gasteiger partial charge is 0.261 e. The fraction of sp³-hybridized carbons (Fsp3) is 0.304. The molecule has 5 nitrogen and oxygen atoms in total. The lowest BCUT2D eigenvalue weighted by molar-refractivity contribution is 0.0820. The van der Waals surface area contributed by atoms with Gasteiger partial charge in [0.25, 0.3) is 5.91 Å². The molecule has 0 saturated carbocycles. The third-order valence-corrected chi connectivity index (χ3v) is 5.24. The van der Waals surface area contributed by atoms with Gasteiger partial charge in [-0.3, -0.25) is 14.7 Å². The van der Waals surface area contributed by atoms with Crippen molar-refractivity contribution in [2.75, 3.05) is 19.6 Å². The Morgan fingerprint density at radius 1 is 1.04 bits per heavy atom. The summed E-state index contributed by atoms with van der Waals surface area (Å²) >= 11 is 0. The molecule has 0 fully saturated rings. The summed E-state index contributed by atoms with van der Waals surface area (Å²) in [6.45, 7) is 2.63. The number of carbonyl (C=O) groups is 1. The van der Waals surface area contributed by atoms with Crippen LogP contribution in [0.25, 0.3) is 0 Å². The average Bonchev–Trinajstić information content (AvgIpc) is 2.91. The van der Waals surface area contributed by atoms with Crippen molar-refractivity contribution in [1.29, 1.82) is 0 Å². The topological polar surface area (TPSA) is 45.7 Å².